The van der Waals surface area contributed by atoms with E-state index in [0.717, 1.165) is 44.9 Å². The van der Waals surface area contributed by atoms with Crippen LogP contribution in [0.4, 0.5) is 0 Å². The summed E-state index contributed by atoms with van der Waals surface area (Å²) in [5, 5.41) is 12.2. The third-order valence-corrected chi connectivity index (χ3v) is 3.80. The summed E-state index contributed by atoms with van der Waals surface area (Å²) in [7, 11) is 0. The Labute approximate surface area is 121 Å². The fraction of sp³-hybridized carbons (Fsp3) is 0.867. The van der Waals surface area contributed by atoms with Crippen LogP contribution in [0.25, 0.3) is 0 Å². The van der Waals surface area contributed by atoms with Crippen molar-refractivity contribution in [1.29, 1.82) is 0 Å². The maximum absolute atomic E-state index is 11.8. The fourth-order valence-electron chi connectivity index (χ4n) is 2.61. The van der Waals surface area contributed by atoms with Gasteiger partial charge in [-0.1, -0.05) is 39.0 Å². The predicted molar refractivity (Wildman–Crippen MR) is 76.5 cm³/mol. The first kappa shape index (κ1) is 17.0. The quantitative estimate of drug-likeness (QED) is 0.704. The van der Waals surface area contributed by atoms with Gasteiger partial charge in [0, 0.05) is 12.6 Å². The van der Waals surface area contributed by atoms with E-state index in [0.29, 0.717) is 13.0 Å². The van der Waals surface area contributed by atoms with Gasteiger partial charge in [-0.3, -0.25) is 9.59 Å². The lowest BCUT2D eigenvalue weighted by molar-refractivity contribution is -0.143. The summed E-state index contributed by atoms with van der Waals surface area (Å²) in [4.78, 5) is 23.1. The van der Waals surface area contributed by atoms with Gasteiger partial charge in [0.15, 0.2) is 0 Å². The Kier molecular flexibility index (Phi) is 8.26. The minimum absolute atomic E-state index is 0.0306. The van der Waals surface area contributed by atoms with Crippen LogP contribution in [0.15, 0.2) is 0 Å². The minimum atomic E-state index is -0.802. The van der Waals surface area contributed by atoms with E-state index in [1.165, 1.54) is 0 Å². The smallest absolute Gasteiger partial charge is 0.308 e. The highest BCUT2D eigenvalue weighted by molar-refractivity contribution is 5.79. The summed E-state index contributed by atoms with van der Waals surface area (Å²) in [6, 6.07) is -0.255. The van der Waals surface area contributed by atoms with Crippen molar-refractivity contribution in [1.82, 2.24) is 5.32 Å². The topological polar surface area (TPSA) is 75.6 Å². The van der Waals surface area contributed by atoms with E-state index in [-0.39, 0.29) is 18.6 Å². The van der Waals surface area contributed by atoms with Crippen LogP contribution < -0.4 is 5.32 Å². The second kappa shape index (κ2) is 9.75. The van der Waals surface area contributed by atoms with E-state index in [1.54, 1.807) is 0 Å². The van der Waals surface area contributed by atoms with Crippen LogP contribution in [0.1, 0.15) is 58.3 Å². The second-order valence-electron chi connectivity index (χ2n) is 5.52. The molecule has 20 heavy (non-hydrogen) atoms. The molecule has 1 aliphatic carbocycles. The number of aliphatic carboxylic acids is 1. The number of ether oxygens (including phenoxy) is 1. The van der Waals surface area contributed by atoms with Crippen molar-refractivity contribution in [3.05, 3.63) is 0 Å². The highest BCUT2D eigenvalue weighted by Gasteiger charge is 2.29. The number of unbranched alkanes of at least 4 members (excludes halogenated alkanes) is 1. The molecule has 0 spiro atoms. The Morgan fingerprint density at radius 2 is 1.90 bits per heavy atom. The van der Waals surface area contributed by atoms with Gasteiger partial charge < -0.3 is 15.2 Å². The average molecular weight is 285 g/mol. The number of hydrogen-bond acceptors (Lipinski definition) is 3. The summed E-state index contributed by atoms with van der Waals surface area (Å²) in [5.41, 5.74) is 0. The van der Waals surface area contributed by atoms with Crippen molar-refractivity contribution < 1.29 is 19.4 Å². The number of carboxylic acid groups (broad SMARTS) is 1. The Morgan fingerprint density at radius 3 is 2.55 bits per heavy atom. The summed E-state index contributed by atoms with van der Waals surface area (Å²) in [6.07, 6.45) is 7.48. The van der Waals surface area contributed by atoms with Gasteiger partial charge in [-0.25, -0.2) is 0 Å². The van der Waals surface area contributed by atoms with Gasteiger partial charge in [0.1, 0.15) is 6.61 Å². The largest absolute Gasteiger partial charge is 0.481 e. The van der Waals surface area contributed by atoms with Crippen LogP contribution in [0.5, 0.6) is 0 Å². The lowest BCUT2D eigenvalue weighted by Crippen LogP contribution is -2.45. The average Bonchev–Trinajstić information content (AvgIpc) is 2.37. The molecule has 1 rings (SSSR count). The maximum Gasteiger partial charge on any atom is 0.308 e. The van der Waals surface area contributed by atoms with Gasteiger partial charge in [0.25, 0.3) is 0 Å². The van der Waals surface area contributed by atoms with E-state index < -0.39 is 11.9 Å². The molecule has 2 atom stereocenters. The van der Waals surface area contributed by atoms with E-state index in [1.807, 2.05) is 0 Å². The molecule has 0 aromatic heterocycles. The van der Waals surface area contributed by atoms with Gasteiger partial charge in [-0.2, -0.15) is 0 Å². The van der Waals surface area contributed by atoms with Gasteiger partial charge in [0.05, 0.1) is 5.92 Å². The molecule has 0 bridgehead atoms. The molecule has 5 nitrogen and oxygen atoms in total. The number of carbonyl (C=O) groups excluding carboxylic acids is 1. The molecule has 2 N–H and O–H groups in total. The molecular formula is C15H27NO4. The number of nitrogens with one attached hydrogen (secondary N) is 1. The van der Waals surface area contributed by atoms with Crippen molar-refractivity contribution in [2.45, 2.75) is 64.3 Å². The molecule has 1 aliphatic rings. The Balaban J connectivity index is 2.42. The Bertz CT molecular complexity index is 306. The van der Waals surface area contributed by atoms with Crippen LogP contribution in [-0.4, -0.2) is 36.2 Å². The molecule has 5 heteroatoms. The van der Waals surface area contributed by atoms with Gasteiger partial charge in [-0.15, -0.1) is 0 Å². The molecule has 1 amide bonds. The first-order valence-corrected chi connectivity index (χ1v) is 7.75. The minimum Gasteiger partial charge on any atom is -0.481 e. The third kappa shape index (κ3) is 6.37. The molecular weight excluding hydrogens is 258 g/mol. The van der Waals surface area contributed by atoms with Crippen LogP contribution in [0.2, 0.25) is 0 Å². The van der Waals surface area contributed by atoms with E-state index in [2.05, 4.69) is 12.2 Å². The molecule has 0 radical (unpaired) electrons. The molecule has 1 saturated carbocycles. The molecule has 0 aliphatic heterocycles. The highest BCUT2D eigenvalue weighted by atomic mass is 16.5. The van der Waals surface area contributed by atoms with Crippen LogP contribution in [0, 0.1) is 5.92 Å². The van der Waals surface area contributed by atoms with Crippen molar-refractivity contribution in [2.24, 2.45) is 5.92 Å². The molecule has 1 fully saturated rings. The summed E-state index contributed by atoms with van der Waals surface area (Å²) in [5.74, 6) is -1.46. The monoisotopic (exact) mass is 285 g/mol. The van der Waals surface area contributed by atoms with Crippen molar-refractivity contribution in [3.63, 3.8) is 0 Å². The Morgan fingerprint density at radius 1 is 1.20 bits per heavy atom. The number of amides is 1. The van der Waals surface area contributed by atoms with Crippen molar-refractivity contribution in [2.75, 3.05) is 13.2 Å². The first-order chi connectivity index (χ1) is 9.65. The van der Waals surface area contributed by atoms with Crippen LogP contribution in [0.3, 0.4) is 0 Å². The van der Waals surface area contributed by atoms with Crippen molar-refractivity contribution >= 4 is 11.9 Å². The first-order valence-electron chi connectivity index (χ1n) is 7.75. The zero-order valence-corrected chi connectivity index (χ0v) is 12.4. The van der Waals surface area contributed by atoms with Crippen LogP contribution >= 0.6 is 0 Å². The van der Waals surface area contributed by atoms with Gasteiger partial charge in [-0.05, 0) is 19.3 Å². The predicted octanol–water partition coefficient (Wildman–Crippen LogP) is 2.34. The number of rotatable bonds is 7. The van der Waals surface area contributed by atoms with Crippen molar-refractivity contribution in [3.8, 4) is 0 Å². The summed E-state index contributed by atoms with van der Waals surface area (Å²) >= 11 is 0. The number of carboxylic acids is 1. The third-order valence-electron chi connectivity index (χ3n) is 3.80. The lowest BCUT2D eigenvalue weighted by Gasteiger charge is -2.27. The molecule has 0 aromatic rings. The van der Waals surface area contributed by atoms with E-state index in [9.17, 15) is 14.7 Å². The number of hydrogen-bond donors (Lipinski definition) is 2. The Hall–Kier alpha value is -1.10. The second-order valence-corrected chi connectivity index (χ2v) is 5.52. The summed E-state index contributed by atoms with van der Waals surface area (Å²) in [6.45, 7) is 2.68. The SMILES string of the molecule is CCCCOCC(=O)NC1CCCCCCC1C(=O)O. The fourth-order valence-corrected chi connectivity index (χ4v) is 2.61. The van der Waals surface area contributed by atoms with Crippen LogP contribution in [-0.2, 0) is 14.3 Å². The zero-order chi connectivity index (χ0) is 14.8. The van der Waals surface area contributed by atoms with Gasteiger partial charge >= 0.3 is 5.97 Å². The molecule has 116 valence electrons. The molecule has 2 unspecified atom stereocenters. The van der Waals surface area contributed by atoms with E-state index >= 15 is 0 Å². The standard InChI is InChI=1S/C15H27NO4/c1-2-3-10-20-11-14(17)16-13-9-7-5-4-6-8-12(13)15(18)19/h12-13H,2-11H2,1H3,(H,16,17)(H,18,19). The molecule has 0 aromatic carbocycles. The molecule has 0 heterocycles. The molecule has 0 saturated heterocycles. The zero-order valence-electron chi connectivity index (χ0n) is 12.4. The summed E-state index contributed by atoms with van der Waals surface area (Å²) < 4.78 is 5.27. The maximum atomic E-state index is 11.8. The van der Waals surface area contributed by atoms with E-state index in [4.69, 9.17) is 4.74 Å². The highest BCUT2D eigenvalue weighted by Crippen LogP contribution is 2.23. The number of carbonyl (C=O) groups is 2. The van der Waals surface area contributed by atoms with Gasteiger partial charge in [0.2, 0.25) is 5.91 Å². The normalized spacial score (nSPS) is 23.6. The lowest BCUT2D eigenvalue weighted by atomic mass is 9.87.